The number of aliphatic hydroxyl groups excluding tert-OH is 4. The summed E-state index contributed by atoms with van der Waals surface area (Å²) >= 11 is 0. The molecule has 30 atom stereocenters. The van der Waals surface area contributed by atoms with Gasteiger partial charge in [0.2, 0.25) is 0 Å². The van der Waals surface area contributed by atoms with E-state index in [4.69, 9.17) is 56.8 Å². The van der Waals surface area contributed by atoms with Crippen molar-refractivity contribution < 1.29 is 107 Å². The lowest BCUT2D eigenvalue weighted by Crippen LogP contribution is -2.81. The number of hydrogen-bond donors (Lipinski definition) is 6. The Balaban J connectivity index is 0.739. The van der Waals surface area contributed by atoms with Crippen LogP contribution in [0.2, 0.25) is 0 Å². The van der Waals surface area contributed by atoms with Crippen molar-refractivity contribution in [2.45, 2.75) is 192 Å². The molecule has 10 saturated carbocycles. The Labute approximate surface area is 567 Å². The molecule has 24 nitrogen and oxygen atoms in total. The van der Waals surface area contributed by atoms with Crippen LogP contribution in [0.3, 0.4) is 0 Å². The fraction of sp³-hybridized carbons (Fsp3) is 0.781. The molecular formula is C73H102N2O22. The predicted molar refractivity (Wildman–Crippen MR) is 342 cm³/mol. The molecule has 2 aromatic rings. The summed E-state index contributed by atoms with van der Waals surface area (Å²) in [6, 6.07) is 15.9. The Kier molecular flexibility index (Phi) is 18.2. The third kappa shape index (κ3) is 8.91. The van der Waals surface area contributed by atoms with Crippen LogP contribution in [0.4, 0.5) is 0 Å². The first-order chi connectivity index (χ1) is 46.6. The summed E-state index contributed by atoms with van der Waals surface area (Å²) < 4.78 is 78.4. The number of rotatable bonds is 26. The highest BCUT2D eigenvalue weighted by atomic mass is 16.6. The van der Waals surface area contributed by atoms with E-state index in [1.54, 1.807) is 103 Å². The summed E-state index contributed by atoms with van der Waals surface area (Å²) in [4.78, 5) is 63.9. The molecule has 97 heavy (non-hydrogen) atoms. The molecule has 2 spiro atoms. The maximum Gasteiger partial charge on any atom is 0.338 e. The largest absolute Gasteiger partial charge is 0.455 e. The molecule has 2 saturated heterocycles. The Bertz CT molecular complexity index is 3050. The summed E-state index contributed by atoms with van der Waals surface area (Å²) in [5, 5.41) is 78.4. The molecule has 14 rings (SSSR count). The zero-order valence-electron chi connectivity index (χ0n) is 57.6. The number of ether oxygens (including phenoxy) is 12. The summed E-state index contributed by atoms with van der Waals surface area (Å²) in [5.74, 6) is -8.62. The van der Waals surface area contributed by atoms with E-state index in [2.05, 4.69) is 9.80 Å². The minimum Gasteiger partial charge on any atom is -0.455 e. The second-order valence-electron chi connectivity index (χ2n) is 30.9. The van der Waals surface area contributed by atoms with Gasteiger partial charge in [-0.05, 0) is 74.9 Å². The second kappa shape index (κ2) is 25.3. The predicted octanol–water partition coefficient (Wildman–Crippen LogP) is 3.00. The van der Waals surface area contributed by atoms with Crippen molar-refractivity contribution in [3.63, 3.8) is 0 Å². The monoisotopic (exact) mass is 1360 g/mol. The number of fused-ring (bicyclic) bond motifs is 4. The molecular weight excluding hydrogens is 1260 g/mol. The highest BCUT2D eigenvalue weighted by Gasteiger charge is 2.95. The minimum atomic E-state index is -1.98. The highest BCUT2D eigenvalue weighted by Crippen LogP contribution is 2.83. The molecule has 6 N–H and O–H groups in total. The van der Waals surface area contributed by atoms with Gasteiger partial charge in [0.15, 0.2) is 11.2 Å². The first-order valence-corrected chi connectivity index (χ1v) is 35.4. The van der Waals surface area contributed by atoms with Crippen molar-refractivity contribution in [1.29, 1.82) is 0 Å². The van der Waals surface area contributed by atoms with Crippen LogP contribution in [0.25, 0.3) is 0 Å². The van der Waals surface area contributed by atoms with E-state index in [1.807, 2.05) is 13.8 Å². The van der Waals surface area contributed by atoms with Crippen LogP contribution in [-0.4, -0.2) is 268 Å². The van der Waals surface area contributed by atoms with E-state index in [0.29, 0.717) is 58.3 Å². The van der Waals surface area contributed by atoms with Gasteiger partial charge in [0.05, 0.1) is 61.0 Å². The quantitative estimate of drug-likeness (QED) is 0.0448. The third-order valence-corrected chi connectivity index (χ3v) is 28.0. The van der Waals surface area contributed by atoms with Gasteiger partial charge in [0.25, 0.3) is 0 Å². The molecule has 10 aliphatic carbocycles. The average Bonchev–Trinajstić information content (AvgIpc) is 1.46. The number of esters is 4. The molecule has 14 bridgehead atoms. The SMILES string of the molecule is CCN1C[C@]2(COC)[C@H](O)C[C@H](OC)[C@]34C1[C@H]([C@H](OC)[C@H]23)[C@]1(OC(=O)CCCCCCCC(=O)O[C@]23[C@H]5[C@@H](OC(=O)c6ccccc6)[C@](O)(C[C@H]5[C@@]56C7[C@@H]2[C@H](OC)[C@@H]5[C@](COC)(CN7CC)[C@H](O)C[C@@H]6OC)[C@@H](OC)[C@@H]3O)[C@H]2[C@@H](OC(=O)c3ccccc3)[C@](O)(C[C@H]24)[C@@H](OC)[C@@H]1O. The molecule has 2 heterocycles. The van der Waals surface area contributed by atoms with Gasteiger partial charge in [-0.15, -0.1) is 0 Å². The van der Waals surface area contributed by atoms with Gasteiger partial charge < -0.3 is 87.5 Å². The Morgan fingerprint density at radius 1 is 0.485 bits per heavy atom. The van der Waals surface area contributed by atoms with Crippen LogP contribution in [0.1, 0.15) is 105 Å². The van der Waals surface area contributed by atoms with E-state index in [0.717, 1.165) is 0 Å². The number of methoxy groups -OCH3 is 8. The molecule has 2 unspecified atom stereocenters. The van der Waals surface area contributed by atoms with Gasteiger partial charge in [-0.3, -0.25) is 19.4 Å². The van der Waals surface area contributed by atoms with Gasteiger partial charge in [-0.1, -0.05) is 69.5 Å². The van der Waals surface area contributed by atoms with Crippen LogP contribution in [0, 0.1) is 69.0 Å². The summed E-state index contributed by atoms with van der Waals surface area (Å²) in [6.07, 6.45) is -10.8. The number of unbranched alkanes of at least 4 members (excludes halogenated alkanes) is 4. The third-order valence-electron chi connectivity index (χ3n) is 28.0. The molecule has 536 valence electrons. The molecule has 0 aromatic heterocycles. The van der Waals surface area contributed by atoms with Crippen molar-refractivity contribution in [2.75, 3.05) is 96.3 Å². The zero-order chi connectivity index (χ0) is 68.9. The Hall–Kier alpha value is -4.32. The van der Waals surface area contributed by atoms with Crippen LogP contribution >= 0.6 is 0 Å². The van der Waals surface area contributed by atoms with E-state index >= 15 is 9.59 Å². The van der Waals surface area contributed by atoms with Gasteiger partial charge in [0.1, 0.15) is 47.8 Å². The number of benzene rings is 2. The van der Waals surface area contributed by atoms with Crippen molar-refractivity contribution >= 4 is 23.9 Å². The number of aliphatic hydroxyl groups is 6. The molecule has 0 amide bonds. The smallest absolute Gasteiger partial charge is 0.338 e. The van der Waals surface area contributed by atoms with Crippen LogP contribution < -0.4 is 0 Å². The van der Waals surface area contributed by atoms with Gasteiger partial charge in [-0.25, -0.2) is 9.59 Å². The first-order valence-electron chi connectivity index (χ1n) is 35.4. The summed E-state index contributed by atoms with van der Waals surface area (Å²) in [6.45, 7) is 6.19. The van der Waals surface area contributed by atoms with E-state index in [1.165, 1.54) is 14.2 Å². The number of likely N-dealkylation sites (tertiary alicyclic amines) is 2. The first kappa shape index (κ1) is 69.8. The van der Waals surface area contributed by atoms with Crippen LogP contribution in [-0.2, 0) is 66.4 Å². The highest BCUT2D eigenvalue weighted by molar-refractivity contribution is 5.90. The Morgan fingerprint density at radius 3 is 1.19 bits per heavy atom. The van der Waals surface area contributed by atoms with Crippen molar-refractivity contribution in [2.24, 2.45) is 69.0 Å². The number of carbonyl (C=O) groups is 4. The number of nitrogens with zero attached hydrogens (tertiary/aromatic N) is 2. The fourth-order valence-corrected chi connectivity index (χ4v) is 25.7. The standard InChI is InChI=1S/C73H102N2O22/c1-11-74-34-66(36-86-3)42(76)30-44(88-5)70-40-32-68(84)60(94-64(82)38-24-18-16-19-25-38)48(40)72(58(80)62(68)92-9,50(56(70)74)52(90-7)54(66)70)96-46(78)28-22-14-13-15-23-29-47(79)97-73-49-41(33-69(85,63(93-10)59(73)81)61(49)95-65(83)39-26-20-17-21-27-39)71-45(89-6)31-43(77)67(37-87-4)35-75(12-2)57(71)51(73)53(91-8)55(67)71/h16-21,24-27,40-45,48-63,76-77,80-81,84-85H,11-15,22-23,28-37H2,1-10H3/t40-,41-,42-,43-,44+,45+,48-,49-,50+,51+,52+,53+,54-,55-,56?,57?,58+,59+,60-,61-,62+,63+,66+,67+,68-,69-,70+,71+,72-,73-/m1/s1. The molecule has 0 radical (unpaired) electrons. The van der Waals surface area contributed by atoms with Crippen molar-refractivity contribution in [3.05, 3.63) is 71.8 Å². The molecule has 2 aliphatic heterocycles. The number of piperidine rings is 2. The van der Waals surface area contributed by atoms with Gasteiger partial charge in [0, 0.05) is 165 Å². The second-order valence-corrected chi connectivity index (χ2v) is 30.9. The van der Waals surface area contributed by atoms with Crippen molar-refractivity contribution in [1.82, 2.24) is 9.80 Å². The fourth-order valence-electron chi connectivity index (χ4n) is 25.7. The van der Waals surface area contributed by atoms with E-state index < -0.39 is 201 Å². The van der Waals surface area contributed by atoms with Gasteiger partial charge in [-0.2, -0.15) is 0 Å². The van der Waals surface area contributed by atoms with Crippen LogP contribution in [0.15, 0.2) is 60.7 Å². The van der Waals surface area contributed by atoms with Gasteiger partial charge >= 0.3 is 23.9 Å². The van der Waals surface area contributed by atoms with E-state index in [9.17, 15) is 40.2 Å². The molecule has 24 heteroatoms. The van der Waals surface area contributed by atoms with E-state index in [-0.39, 0.29) is 62.9 Å². The van der Waals surface area contributed by atoms with Crippen LogP contribution in [0.5, 0.6) is 0 Å². The van der Waals surface area contributed by atoms with Crippen molar-refractivity contribution in [3.8, 4) is 0 Å². The topological polar surface area (TPSA) is 307 Å². The molecule has 12 aliphatic rings. The lowest BCUT2D eigenvalue weighted by Gasteiger charge is -2.70. The molecule has 2 aromatic carbocycles. The lowest BCUT2D eigenvalue weighted by molar-refractivity contribution is -0.323. The minimum absolute atomic E-state index is 0.0212. The number of carbonyl (C=O) groups excluding carboxylic acids is 4. The number of hydrogen-bond acceptors (Lipinski definition) is 24. The summed E-state index contributed by atoms with van der Waals surface area (Å²) in [5.41, 5.74) is -10.9. The average molecular weight is 1360 g/mol. The Morgan fingerprint density at radius 2 is 0.856 bits per heavy atom. The zero-order valence-corrected chi connectivity index (χ0v) is 57.6. The lowest BCUT2D eigenvalue weighted by atomic mass is 9.42. The maximum atomic E-state index is 15.2. The molecule has 12 fully saturated rings. The normalized spacial score (nSPS) is 48.1. The maximum absolute atomic E-state index is 15.2. The summed E-state index contributed by atoms with van der Waals surface area (Å²) in [7, 11) is 12.4.